The highest BCUT2D eigenvalue weighted by atomic mass is 16.6. The molecule has 0 aromatic rings. The molecule has 1 aliphatic carbocycles. The van der Waals surface area contributed by atoms with Gasteiger partial charge in [0.25, 0.3) is 0 Å². The number of amides is 1. The first-order valence-corrected chi connectivity index (χ1v) is 8.69. The van der Waals surface area contributed by atoms with Crippen molar-refractivity contribution >= 4 is 6.09 Å². The number of carbonyl (C=O) groups is 1. The molecule has 0 aromatic heterocycles. The molecule has 1 saturated carbocycles. The number of rotatable bonds is 5. The monoisotopic (exact) mass is 312 g/mol. The molecule has 1 saturated heterocycles. The van der Waals surface area contributed by atoms with E-state index in [0.29, 0.717) is 30.7 Å². The van der Waals surface area contributed by atoms with Crippen LogP contribution in [0.1, 0.15) is 59.8 Å². The van der Waals surface area contributed by atoms with Crippen molar-refractivity contribution in [2.24, 2.45) is 5.92 Å². The van der Waals surface area contributed by atoms with Crippen LogP contribution < -0.4 is 10.6 Å². The van der Waals surface area contributed by atoms with E-state index in [0.717, 1.165) is 19.4 Å². The van der Waals surface area contributed by atoms with Crippen LogP contribution in [0.15, 0.2) is 0 Å². The van der Waals surface area contributed by atoms with E-state index < -0.39 is 5.60 Å². The van der Waals surface area contributed by atoms with Crippen LogP contribution in [-0.2, 0) is 9.47 Å². The highest BCUT2D eigenvalue weighted by Crippen LogP contribution is 2.26. The highest BCUT2D eigenvalue weighted by Gasteiger charge is 2.29. The summed E-state index contributed by atoms with van der Waals surface area (Å²) in [5, 5.41) is 6.56. The molecule has 2 N–H and O–H groups in total. The third-order valence-corrected chi connectivity index (χ3v) is 4.49. The van der Waals surface area contributed by atoms with Crippen molar-refractivity contribution < 1.29 is 14.3 Å². The van der Waals surface area contributed by atoms with Gasteiger partial charge in [-0.15, -0.1) is 0 Å². The van der Waals surface area contributed by atoms with Crippen molar-refractivity contribution in [1.82, 2.24) is 10.6 Å². The Balaban J connectivity index is 1.68. The summed E-state index contributed by atoms with van der Waals surface area (Å²) in [6.45, 7) is 9.41. The molecular formula is C17H32N2O3. The van der Waals surface area contributed by atoms with E-state index in [1.54, 1.807) is 0 Å². The van der Waals surface area contributed by atoms with Crippen LogP contribution in [0.2, 0.25) is 0 Å². The van der Waals surface area contributed by atoms with Gasteiger partial charge in [-0.1, -0.05) is 6.42 Å². The van der Waals surface area contributed by atoms with Crippen molar-refractivity contribution in [3.8, 4) is 0 Å². The first kappa shape index (κ1) is 17.5. The van der Waals surface area contributed by atoms with Crippen molar-refractivity contribution in [1.29, 1.82) is 0 Å². The van der Waals surface area contributed by atoms with Crippen LogP contribution in [0.4, 0.5) is 4.79 Å². The van der Waals surface area contributed by atoms with Gasteiger partial charge in [0.1, 0.15) is 5.60 Å². The van der Waals surface area contributed by atoms with Crippen LogP contribution in [0.25, 0.3) is 0 Å². The molecule has 0 radical (unpaired) electrons. The zero-order valence-corrected chi connectivity index (χ0v) is 14.5. The van der Waals surface area contributed by atoms with Gasteiger partial charge in [-0.25, -0.2) is 4.79 Å². The molecule has 5 heteroatoms. The van der Waals surface area contributed by atoms with E-state index >= 15 is 0 Å². The molecule has 2 fully saturated rings. The molecule has 1 aliphatic heterocycles. The van der Waals surface area contributed by atoms with E-state index in [-0.39, 0.29) is 6.09 Å². The van der Waals surface area contributed by atoms with Gasteiger partial charge in [-0.3, -0.25) is 0 Å². The van der Waals surface area contributed by atoms with Gasteiger partial charge in [0, 0.05) is 19.1 Å². The fourth-order valence-electron chi connectivity index (χ4n) is 3.40. The van der Waals surface area contributed by atoms with E-state index in [1.807, 2.05) is 20.8 Å². The largest absolute Gasteiger partial charge is 0.444 e. The lowest BCUT2D eigenvalue weighted by molar-refractivity contribution is 0.0496. The topological polar surface area (TPSA) is 59.6 Å². The van der Waals surface area contributed by atoms with Crippen molar-refractivity contribution in [3.05, 3.63) is 0 Å². The Bertz CT molecular complexity index is 367. The van der Waals surface area contributed by atoms with Gasteiger partial charge in [0.2, 0.25) is 0 Å². The van der Waals surface area contributed by atoms with Crippen LogP contribution in [0, 0.1) is 5.92 Å². The first-order valence-electron chi connectivity index (χ1n) is 8.69. The second kappa shape index (κ2) is 7.64. The molecule has 4 atom stereocenters. The molecule has 22 heavy (non-hydrogen) atoms. The Kier molecular flexibility index (Phi) is 6.09. The molecule has 128 valence electrons. The average Bonchev–Trinajstić information content (AvgIpc) is 3.00. The second-order valence-corrected chi connectivity index (χ2v) is 7.73. The zero-order valence-electron chi connectivity index (χ0n) is 14.5. The molecule has 0 bridgehead atoms. The number of alkyl carbamates (subject to hydrolysis) is 1. The Morgan fingerprint density at radius 1 is 1.18 bits per heavy atom. The molecule has 1 amide bonds. The van der Waals surface area contributed by atoms with Gasteiger partial charge in [-0.2, -0.15) is 0 Å². The lowest BCUT2D eigenvalue weighted by Crippen LogP contribution is -2.43. The second-order valence-electron chi connectivity index (χ2n) is 7.73. The predicted molar refractivity (Wildman–Crippen MR) is 86.9 cm³/mol. The maximum atomic E-state index is 11.8. The molecular weight excluding hydrogens is 280 g/mol. The molecule has 1 heterocycles. The summed E-state index contributed by atoms with van der Waals surface area (Å²) in [6, 6.07) is 0.481. The van der Waals surface area contributed by atoms with Gasteiger partial charge in [-0.05, 0) is 59.3 Å². The van der Waals surface area contributed by atoms with Gasteiger partial charge in [0.15, 0.2) is 0 Å². The summed E-state index contributed by atoms with van der Waals surface area (Å²) in [5.74, 6) is 0.492. The van der Waals surface area contributed by atoms with E-state index in [2.05, 4.69) is 17.6 Å². The van der Waals surface area contributed by atoms with Gasteiger partial charge >= 0.3 is 6.09 Å². The lowest BCUT2D eigenvalue weighted by Gasteiger charge is -2.24. The van der Waals surface area contributed by atoms with Crippen LogP contribution in [-0.4, -0.2) is 43.0 Å². The van der Waals surface area contributed by atoms with Crippen LogP contribution in [0.3, 0.4) is 0 Å². The standard InChI is InChI=1S/C17H32N2O3/c1-12-8-9-14(21-12)11-18-15-7-5-6-13(15)10-19-16(20)22-17(2,3)4/h12-15,18H,5-11H2,1-4H3,(H,19,20). The number of carbonyl (C=O) groups excluding carboxylic acids is 1. The number of nitrogens with one attached hydrogen (secondary N) is 2. The average molecular weight is 312 g/mol. The van der Waals surface area contributed by atoms with E-state index in [4.69, 9.17) is 9.47 Å². The fourth-order valence-corrected chi connectivity index (χ4v) is 3.40. The summed E-state index contributed by atoms with van der Waals surface area (Å²) in [4.78, 5) is 11.8. The van der Waals surface area contributed by atoms with Crippen molar-refractivity contribution in [2.75, 3.05) is 13.1 Å². The molecule has 5 nitrogen and oxygen atoms in total. The molecule has 2 aliphatic rings. The number of hydrogen-bond donors (Lipinski definition) is 2. The minimum Gasteiger partial charge on any atom is -0.444 e. The predicted octanol–water partition coefficient (Wildman–Crippen LogP) is 2.84. The molecule has 4 unspecified atom stereocenters. The fraction of sp³-hybridized carbons (Fsp3) is 0.941. The summed E-state index contributed by atoms with van der Waals surface area (Å²) < 4.78 is 11.2. The third kappa shape index (κ3) is 5.76. The Labute approximate surface area is 134 Å². The summed E-state index contributed by atoms with van der Waals surface area (Å²) in [7, 11) is 0. The minimum atomic E-state index is -0.437. The highest BCUT2D eigenvalue weighted by molar-refractivity contribution is 5.67. The van der Waals surface area contributed by atoms with Crippen LogP contribution in [0.5, 0.6) is 0 Å². The summed E-state index contributed by atoms with van der Waals surface area (Å²) in [5.41, 5.74) is -0.437. The molecule has 0 spiro atoms. The maximum Gasteiger partial charge on any atom is 0.407 e. The SMILES string of the molecule is CC1CCC(CNC2CCCC2CNC(=O)OC(C)(C)C)O1. The Hall–Kier alpha value is -0.810. The van der Waals surface area contributed by atoms with Gasteiger partial charge < -0.3 is 20.1 Å². The molecule has 0 aromatic carbocycles. The smallest absolute Gasteiger partial charge is 0.407 e. The zero-order chi connectivity index (χ0) is 16.2. The minimum absolute atomic E-state index is 0.314. The third-order valence-electron chi connectivity index (χ3n) is 4.49. The normalized spacial score (nSPS) is 32.2. The Morgan fingerprint density at radius 2 is 1.95 bits per heavy atom. The molecule has 2 rings (SSSR count). The van der Waals surface area contributed by atoms with Crippen LogP contribution >= 0.6 is 0 Å². The summed E-state index contributed by atoms with van der Waals surface area (Å²) in [6.07, 6.45) is 6.34. The number of ether oxygens (including phenoxy) is 2. The maximum absolute atomic E-state index is 11.8. The van der Waals surface area contributed by atoms with Crippen molar-refractivity contribution in [2.45, 2.75) is 83.6 Å². The van der Waals surface area contributed by atoms with Crippen molar-refractivity contribution in [3.63, 3.8) is 0 Å². The first-order chi connectivity index (χ1) is 10.3. The quantitative estimate of drug-likeness (QED) is 0.819. The van der Waals surface area contributed by atoms with Gasteiger partial charge in [0.05, 0.1) is 12.2 Å². The van der Waals surface area contributed by atoms with E-state index in [9.17, 15) is 4.79 Å². The Morgan fingerprint density at radius 3 is 2.59 bits per heavy atom. The lowest BCUT2D eigenvalue weighted by atomic mass is 10.0. The van der Waals surface area contributed by atoms with E-state index in [1.165, 1.54) is 19.3 Å². The number of hydrogen-bond acceptors (Lipinski definition) is 4. The summed E-state index contributed by atoms with van der Waals surface area (Å²) >= 11 is 0.